The average molecular weight is 369 g/mol. The molecule has 7 heteroatoms. The SMILES string of the molecule is COc1cc(CN2C(=O)C(C)(C)ON=C2c2ncccc2C)cc(OC)c1. The molecule has 0 atom stereocenters. The second kappa shape index (κ2) is 7.26. The van der Waals surface area contributed by atoms with Gasteiger partial charge in [-0.05, 0) is 50.1 Å². The Morgan fingerprint density at radius 2 is 1.81 bits per heavy atom. The zero-order chi connectivity index (χ0) is 19.6. The summed E-state index contributed by atoms with van der Waals surface area (Å²) in [6, 6.07) is 9.27. The second-order valence-electron chi connectivity index (χ2n) is 6.80. The molecule has 0 unspecified atom stereocenters. The van der Waals surface area contributed by atoms with E-state index in [2.05, 4.69) is 10.1 Å². The third-order valence-corrected chi connectivity index (χ3v) is 4.35. The monoisotopic (exact) mass is 369 g/mol. The van der Waals surface area contributed by atoms with Crippen LogP contribution in [0.4, 0.5) is 0 Å². The summed E-state index contributed by atoms with van der Waals surface area (Å²) in [6.07, 6.45) is 1.67. The molecular weight excluding hydrogens is 346 g/mol. The average Bonchev–Trinajstić information content (AvgIpc) is 2.66. The topological polar surface area (TPSA) is 73.2 Å². The Kier molecular flexibility index (Phi) is 5.03. The van der Waals surface area contributed by atoms with E-state index in [-0.39, 0.29) is 12.5 Å². The Bertz CT molecular complexity index is 870. The fourth-order valence-electron chi connectivity index (χ4n) is 2.84. The number of aromatic nitrogens is 1. The number of nitrogens with zero attached hydrogens (tertiary/aromatic N) is 3. The Labute approximate surface area is 158 Å². The fraction of sp³-hybridized carbons (Fsp3) is 0.350. The van der Waals surface area contributed by atoms with E-state index in [0.29, 0.717) is 23.0 Å². The number of pyridine rings is 1. The zero-order valence-corrected chi connectivity index (χ0v) is 16.1. The van der Waals surface area contributed by atoms with Crippen LogP contribution in [0.2, 0.25) is 0 Å². The van der Waals surface area contributed by atoms with Crippen LogP contribution >= 0.6 is 0 Å². The Morgan fingerprint density at radius 1 is 1.15 bits per heavy atom. The van der Waals surface area contributed by atoms with Gasteiger partial charge in [0.05, 0.1) is 20.8 Å². The van der Waals surface area contributed by atoms with Gasteiger partial charge in [-0.25, -0.2) is 0 Å². The number of ether oxygens (including phenoxy) is 2. The number of oxime groups is 1. The van der Waals surface area contributed by atoms with Gasteiger partial charge in [0.1, 0.15) is 17.2 Å². The van der Waals surface area contributed by atoms with Crippen LogP contribution in [0.15, 0.2) is 41.7 Å². The van der Waals surface area contributed by atoms with Crippen LogP contribution < -0.4 is 9.47 Å². The van der Waals surface area contributed by atoms with E-state index in [1.165, 1.54) is 0 Å². The number of carbonyl (C=O) groups excluding carboxylic acids is 1. The molecule has 1 aliphatic heterocycles. The number of methoxy groups -OCH3 is 2. The van der Waals surface area contributed by atoms with Gasteiger partial charge in [-0.3, -0.25) is 14.7 Å². The molecule has 0 fully saturated rings. The molecule has 0 N–H and O–H groups in total. The molecule has 142 valence electrons. The minimum absolute atomic E-state index is 0.195. The largest absolute Gasteiger partial charge is 0.497 e. The van der Waals surface area contributed by atoms with Gasteiger partial charge in [-0.2, -0.15) is 0 Å². The summed E-state index contributed by atoms with van der Waals surface area (Å²) < 4.78 is 10.7. The van der Waals surface area contributed by atoms with Crippen LogP contribution in [-0.2, 0) is 16.2 Å². The molecule has 0 saturated carbocycles. The van der Waals surface area contributed by atoms with Crippen molar-refractivity contribution < 1.29 is 19.1 Å². The lowest BCUT2D eigenvalue weighted by atomic mass is 10.0. The third kappa shape index (κ3) is 3.72. The molecule has 7 nitrogen and oxygen atoms in total. The molecule has 2 aromatic rings. The van der Waals surface area contributed by atoms with Crippen LogP contribution in [0.3, 0.4) is 0 Å². The lowest BCUT2D eigenvalue weighted by Gasteiger charge is -2.35. The van der Waals surface area contributed by atoms with Crippen molar-refractivity contribution in [2.45, 2.75) is 32.9 Å². The molecule has 1 aliphatic rings. The summed E-state index contributed by atoms with van der Waals surface area (Å²) in [6.45, 7) is 5.59. The molecule has 0 radical (unpaired) electrons. The molecule has 1 amide bonds. The Hall–Kier alpha value is -3.09. The van der Waals surface area contributed by atoms with Crippen molar-refractivity contribution in [2.24, 2.45) is 5.16 Å². The highest BCUT2D eigenvalue weighted by Gasteiger charge is 2.41. The molecule has 1 aromatic heterocycles. The van der Waals surface area contributed by atoms with E-state index < -0.39 is 5.60 Å². The van der Waals surface area contributed by atoms with E-state index >= 15 is 0 Å². The summed E-state index contributed by atoms with van der Waals surface area (Å²) in [5.74, 6) is 1.49. The van der Waals surface area contributed by atoms with Crippen LogP contribution in [0.5, 0.6) is 11.5 Å². The fourth-order valence-corrected chi connectivity index (χ4v) is 2.84. The quantitative estimate of drug-likeness (QED) is 0.810. The molecule has 0 spiro atoms. The summed E-state index contributed by atoms with van der Waals surface area (Å²) in [7, 11) is 3.18. The van der Waals surface area contributed by atoms with E-state index in [9.17, 15) is 4.79 Å². The normalized spacial score (nSPS) is 15.8. The molecule has 0 bridgehead atoms. The maximum Gasteiger partial charge on any atom is 0.275 e. The number of carbonyl (C=O) groups is 1. The molecular formula is C20H23N3O4. The number of rotatable bonds is 5. The standard InChI is InChI=1S/C20H23N3O4/c1-13-7-6-8-21-17(13)18-22-27-20(2,3)19(24)23(18)12-14-9-15(25-4)11-16(10-14)26-5/h6-11H,12H2,1-5H3. The lowest BCUT2D eigenvalue weighted by Crippen LogP contribution is -2.52. The Morgan fingerprint density at radius 3 is 2.41 bits per heavy atom. The summed E-state index contributed by atoms with van der Waals surface area (Å²) in [5.41, 5.74) is 1.30. The van der Waals surface area contributed by atoms with Gasteiger partial charge in [0.2, 0.25) is 11.4 Å². The minimum Gasteiger partial charge on any atom is -0.497 e. The summed E-state index contributed by atoms with van der Waals surface area (Å²) in [5, 5.41) is 4.22. The number of hydrogen-bond acceptors (Lipinski definition) is 6. The van der Waals surface area contributed by atoms with Gasteiger partial charge in [0.25, 0.3) is 5.91 Å². The summed E-state index contributed by atoms with van der Waals surface area (Å²) in [4.78, 5) is 24.5. The van der Waals surface area contributed by atoms with Crippen LogP contribution in [0.1, 0.15) is 30.7 Å². The smallest absolute Gasteiger partial charge is 0.275 e. The van der Waals surface area contributed by atoms with Crippen molar-refractivity contribution in [1.29, 1.82) is 0 Å². The lowest BCUT2D eigenvalue weighted by molar-refractivity contribution is -0.154. The van der Waals surface area contributed by atoms with Gasteiger partial charge in [-0.1, -0.05) is 11.2 Å². The van der Waals surface area contributed by atoms with Crippen LogP contribution in [0, 0.1) is 6.92 Å². The highest BCUT2D eigenvalue weighted by Crippen LogP contribution is 2.28. The number of amidine groups is 1. The highest BCUT2D eigenvalue weighted by atomic mass is 16.7. The molecule has 27 heavy (non-hydrogen) atoms. The third-order valence-electron chi connectivity index (χ3n) is 4.35. The van der Waals surface area contributed by atoms with E-state index in [1.807, 2.05) is 31.2 Å². The summed E-state index contributed by atoms with van der Waals surface area (Å²) >= 11 is 0. The minimum atomic E-state index is -1.06. The zero-order valence-electron chi connectivity index (χ0n) is 16.1. The first-order valence-electron chi connectivity index (χ1n) is 8.58. The maximum absolute atomic E-state index is 13.1. The molecule has 2 heterocycles. The molecule has 3 rings (SSSR count). The molecule has 0 saturated heterocycles. The van der Waals surface area contributed by atoms with Gasteiger partial charge in [-0.15, -0.1) is 0 Å². The van der Waals surface area contributed by atoms with Crippen LogP contribution in [0.25, 0.3) is 0 Å². The van der Waals surface area contributed by atoms with Gasteiger partial charge in [0, 0.05) is 12.3 Å². The predicted octanol–water partition coefficient (Wildman–Crippen LogP) is 2.91. The highest BCUT2D eigenvalue weighted by molar-refractivity contribution is 6.10. The number of aryl methyl sites for hydroxylation is 1. The van der Waals surface area contributed by atoms with Crippen molar-refractivity contribution in [3.63, 3.8) is 0 Å². The first kappa shape index (κ1) is 18.7. The molecule has 0 aliphatic carbocycles. The number of hydrogen-bond donors (Lipinski definition) is 0. The van der Waals surface area contributed by atoms with Gasteiger partial charge >= 0.3 is 0 Å². The van der Waals surface area contributed by atoms with E-state index in [4.69, 9.17) is 14.3 Å². The maximum atomic E-state index is 13.1. The first-order valence-corrected chi connectivity index (χ1v) is 8.58. The Balaban J connectivity index is 2.04. The number of amides is 1. The predicted molar refractivity (Wildman–Crippen MR) is 101 cm³/mol. The van der Waals surface area contributed by atoms with Gasteiger partial charge in [0.15, 0.2) is 0 Å². The van der Waals surface area contributed by atoms with Crippen molar-refractivity contribution in [3.8, 4) is 11.5 Å². The van der Waals surface area contributed by atoms with Crippen molar-refractivity contribution >= 4 is 11.7 Å². The second-order valence-corrected chi connectivity index (χ2v) is 6.80. The van der Waals surface area contributed by atoms with E-state index in [0.717, 1.165) is 11.1 Å². The van der Waals surface area contributed by atoms with E-state index in [1.54, 1.807) is 45.2 Å². The van der Waals surface area contributed by atoms with Crippen molar-refractivity contribution in [1.82, 2.24) is 9.88 Å². The van der Waals surface area contributed by atoms with Crippen molar-refractivity contribution in [2.75, 3.05) is 14.2 Å². The number of benzene rings is 1. The van der Waals surface area contributed by atoms with Gasteiger partial charge < -0.3 is 14.3 Å². The first-order chi connectivity index (χ1) is 12.9. The van der Waals surface area contributed by atoms with Crippen LogP contribution in [-0.4, -0.2) is 41.4 Å². The van der Waals surface area contributed by atoms with Crippen molar-refractivity contribution in [3.05, 3.63) is 53.3 Å². The molecule has 1 aromatic carbocycles.